The normalized spacial score (nSPS) is 12.4. The summed E-state index contributed by atoms with van der Waals surface area (Å²) >= 11 is 0. The number of nitrogens with zero attached hydrogens (tertiary/aromatic N) is 1. The average molecular weight is 271 g/mol. The van der Waals surface area contributed by atoms with Gasteiger partial charge >= 0.3 is 0 Å². The predicted molar refractivity (Wildman–Crippen MR) is 79.9 cm³/mol. The van der Waals surface area contributed by atoms with Gasteiger partial charge in [0, 0.05) is 12.4 Å². The highest BCUT2D eigenvalue weighted by Gasteiger charge is 2.14. The Morgan fingerprint density at radius 2 is 2.05 bits per heavy atom. The lowest BCUT2D eigenvalue weighted by Crippen LogP contribution is -2.07. The van der Waals surface area contributed by atoms with E-state index in [4.69, 9.17) is 4.74 Å². The van der Waals surface area contributed by atoms with Crippen molar-refractivity contribution in [3.63, 3.8) is 0 Å². The maximum atomic E-state index is 10.6. The molecule has 106 valence electrons. The van der Waals surface area contributed by atoms with Crippen molar-refractivity contribution in [3.05, 3.63) is 59.4 Å². The molecule has 0 aliphatic rings. The quantitative estimate of drug-likeness (QED) is 0.904. The fourth-order valence-electron chi connectivity index (χ4n) is 2.21. The first-order valence-corrected chi connectivity index (χ1v) is 6.99. The van der Waals surface area contributed by atoms with Crippen LogP contribution in [0.3, 0.4) is 0 Å². The molecule has 0 saturated carbocycles. The maximum Gasteiger partial charge on any atom is 0.120 e. The van der Waals surface area contributed by atoms with Gasteiger partial charge in [0.2, 0.25) is 0 Å². The van der Waals surface area contributed by atoms with Gasteiger partial charge in [-0.25, -0.2) is 0 Å². The van der Waals surface area contributed by atoms with Crippen molar-refractivity contribution in [1.82, 2.24) is 4.98 Å². The van der Waals surface area contributed by atoms with Crippen LogP contribution in [0.5, 0.6) is 5.75 Å². The second-order valence-corrected chi connectivity index (χ2v) is 5.07. The second-order valence-electron chi connectivity index (χ2n) is 5.07. The number of hydrogen-bond acceptors (Lipinski definition) is 3. The molecule has 0 bridgehead atoms. The summed E-state index contributed by atoms with van der Waals surface area (Å²) in [6.45, 7) is 6.04. The van der Waals surface area contributed by atoms with Gasteiger partial charge in [-0.2, -0.15) is 0 Å². The molecule has 0 spiro atoms. The van der Waals surface area contributed by atoms with E-state index >= 15 is 0 Å². The van der Waals surface area contributed by atoms with Crippen LogP contribution in [0.1, 0.15) is 43.6 Å². The van der Waals surface area contributed by atoms with Gasteiger partial charge in [0.15, 0.2) is 0 Å². The highest BCUT2D eigenvalue weighted by atomic mass is 16.5. The molecular weight excluding hydrogens is 250 g/mol. The van der Waals surface area contributed by atoms with Crippen LogP contribution in [0.15, 0.2) is 42.7 Å². The van der Waals surface area contributed by atoms with Crippen molar-refractivity contribution in [1.29, 1.82) is 0 Å². The molecule has 2 rings (SSSR count). The molecule has 0 radical (unpaired) electrons. The van der Waals surface area contributed by atoms with Crippen LogP contribution in [-0.2, 0) is 6.42 Å². The van der Waals surface area contributed by atoms with E-state index < -0.39 is 6.10 Å². The summed E-state index contributed by atoms with van der Waals surface area (Å²) in [6, 6.07) is 9.49. The molecule has 0 amide bonds. The first-order chi connectivity index (χ1) is 9.61. The third kappa shape index (κ3) is 3.36. The smallest absolute Gasteiger partial charge is 0.120 e. The van der Waals surface area contributed by atoms with Gasteiger partial charge in [-0.05, 0) is 55.2 Å². The summed E-state index contributed by atoms with van der Waals surface area (Å²) in [5.41, 5.74) is 2.81. The average Bonchev–Trinajstić information content (AvgIpc) is 2.46. The Hall–Kier alpha value is -1.87. The summed E-state index contributed by atoms with van der Waals surface area (Å²) in [5.74, 6) is 0.781. The number of aliphatic hydroxyl groups excluding tert-OH is 1. The minimum atomic E-state index is -0.649. The predicted octanol–water partition coefficient (Wildman–Crippen LogP) is 3.51. The van der Waals surface area contributed by atoms with E-state index in [2.05, 4.69) is 11.9 Å². The molecular formula is C17H21NO2. The number of aromatic nitrogens is 1. The van der Waals surface area contributed by atoms with Crippen LogP contribution in [0.2, 0.25) is 0 Å². The fourth-order valence-corrected chi connectivity index (χ4v) is 2.21. The van der Waals surface area contributed by atoms with Gasteiger partial charge in [-0.3, -0.25) is 4.98 Å². The summed E-state index contributed by atoms with van der Waals surface area (Å²) < 4.78 is 5.67. The van der Waals surface area contributed by atoms with Crippen LogP contribution < -0.4 is 4.74 Å². The van der Waals surface area contributed by atoms with E-state index in [1.165, 1.54) is 0 Å². The Kier molecular flexibility index (Phi) is 4.74. The van der Waals surface area contributed by atoms with Crippen molar-refractivity contribution in [3.8, 4) is 5.75 Å². The highest BCUT2D eigenvalue weighted by molar-refractivity contribution is 5.37. The number of ether oxygens (including phenoxy) is 1. The number of aryl methyl sites for hydroxylation is 1. The van der Waals surface area contributed by atoms with E-state index in [0.717, 1.165) is 28.9 Å². The molecule has 0 fully saturated rings. The van der Waals surface area contributed by atoms with E-state index in [1.807, 2.05) is 50.4 Å². The first kappa shape index (κ1) is 14.5. The fraction of sp³-hybridized carbons (Fsp3) is 0.353. The molecule has 3 heteroatoms. The highest BCUT2D eigenvalue weighted by Crippen LogP contribution is 2.27. The lowest BCUT2D eigenvalue weighted by Gasteiger charge is -2.16. The summed E-state index contributed by atoms with van der Waals surface area (Å²) in [6.07, 6.45) is 3.85. The Morgan fingerprint density at radius 1 is 1.25 bits per heavy atom. The van der Waals surface area contributed by atoms with Crippen LogP contribution in [-0.4, -0.2) is 16.2 Å². The molecule has 0 saturated heterocycles. The zero-order valence-electron chi connectivity index (χ0n) is 12.2. The second kappa shape index (κ2) is 6.53. The molecule has 2 aromatic rings. The van der Waals surface area contributed by atoms with Crippen LogP contribution in [0.25, 0.3) is 0 Å². The van der Waals surface area contributed by atoms with Gasteiger partial charge in [-0.1, -0.05) is 19.1 Å². The molecule has 20 heavy (non-hydrogen) atoms. The first-order valence-electron chi connectivity index (χ1n) is 6.99. The van der Waals surface area contributed by atoms with Crippen molar-refractivity contribution < 1.29 is 9.84 Å². The van der Waals surface area contributed by atoms with Crippen molar-refractivity contribution in [2.45, 2.75) is 39.4 Å². The molecule has 1 unspecified atom stereocenters. The molecule has 1 atom stereocenters. The van der Waals surface area contributed by atoms with E-state index in [0.29, 0.717) is 0 Å². The Bertz CT molecular complexity index is 566. The van der Waals surface area contributed by atoms with Gasteiger partial charge < -0.3 is 9.84 Å². The summed E-state index contributed by atoms with van der Waals surface area (Å²) in [5, 5.41) is 10.6. The monoisotopic (exact) mass is 271 g/mol. The van der Waals surface area contributed by atoms with Gasteiger partial charge in [0.25, 0.3) is 0 Å². The van der Waals surface area contributed by atoms with Crippen LogP contribution in [0.4, 0.5) is 0 Å². The molecule has 0 aliphatic carbocycles. The third-order valence-corrected chi connectivity index (χ3v) is 3.16. The molecule has 1 aromatic carbocycles. The standard InChI is InChI=1S/C17H21NO2/c1-4-13-11-18-9-8-16(13)17(19)14-6-5-7-15(10-14)20-12(2)3/h5-12,17,19H,4H2,1-3H3. The Morgan fingerprint density at radius 3 is 2.75 bits per heavy atom. The summed E-state index contributed by atoms with van der Waals surface area (Å²) in [4.78, 5) is 4.11. The topological polar surface area (TPSA) is 42.4 Å². The van der Waals surface area contributed by atoms with Crippen molar-refractivity contribution >= 4 is 0 Å². The van der Waals surface area contributed by atoms with Crippen molar-refractivity contribution in [2.24, 2.45) is 0 Å². The minimum absolute atomic E-state index is 0.120. The van der Waals surface area contributed by atoms with Crippen LogP contribution >= 0.6 is 0 Å². The SMILES string of the molecule is CCc1cnccc1C(O)c1cccc(OC(C)C)c1. The molecule has 1 heterocycles. The lowest BCUT2D eigenvalue weighted by molar-refractivity contribution is 0.215. The minimum Gasteiger partial charge on any atom is -0.491 e. The third-order valence-electron chi connectivity index (χ3n) is 3.16. The van der Waals surface area contributed by atoms with E-state index in [-0.39, 0.29) is 6.10 Å². The number of aliphatic hydroxyl groups is 1. The lowest BCUT2D eigenvalue weighted by atomic mass is 9.97. The number of rotatable bonds is 5. The Balaban J connectivity index is 2.30. The van der Waals surface area contributed by atoms with Gasteiger partial charge in [0.05, 0.1) is 6.10 Å². The number of pyridine rings is 1. The largest absolute Gasteiger partial charge is 0.491 e. The number of benzene rings is 1. The zero-order valence-corrected chi connectivity index (χ0v) is 12.2. The molecule has 3 nitrogen and oxygen atoms in total. The maximum absolute atomic E-state index is 10.6. The Labute approximate surface area is 120 Å². The van der Waals surface area contributed by atoms with Crippen molar-refractivity contribution in [2.75, 3.05) is 0 Å². The molecule has 1 aromatic heterocycles. The molecule has 1 N–H and O–H groups in total. The van der Waals surface area contributed by atoms with Gasteiger partial charge in [0.1, 0.15) is 11.9 Å². The zero-order chi connectivity index (χ0) is 14.5. The summed E-state index contributed by atoms with van der Waals surface area (Å²) in [7, 11) is 0. The van der Waals surface area contributed by atoms with E-state index in [9.17, 15) is 5.11 Å². The van der Waals surface area contributed by atoms with Gasteiger partial charge in [-0.15, -0.1) is 0 Å². The molecule has 0 aliphatic heterocycles. The van der Waals surface area contributed by atoms with Crippen LogP contribution in [0, 0.1) is 0 Å². The van der Waals surface area contributed by atoms with E-state index in [1.54, 1.807) is 6.20 Å². The number of hydrogen-bond donors (Lipinski definition) is 1.